The number of nitrogens with two attached hydrogens (primary N) is 1. The Morgan fingerprint density at radius 2 is 1.75 bits per heavy atom. The van der Waals surface area contributed by atoms with Crippen molar-refractivity contribution in [3.8, 4) is 5.75 Å². The number of halogens is 1. The van der Waals surface area contributed by atoms with Gasteiger partial charge in [-0.3, -0.25) is 0 Å². The largest absolute Gasteiger partial charge is 0.496 e. The number of ether oxygens (including phenoxy) is 1. The molecule has 0 heterocycles. The first-order valence-corrected chi connectivity index (χ1v) is 7.45. The number of hydrogen-bond acceptors (Lipinski definition) is 2. The lowest BCUT2D eigenvalue weighted by Crippen LogP contribution is -2.14. The van der Waals surface area contributed by atoms with Crippen molar-refractivity contribution in [2.45, 2.75) is 26.3 Å². The van der Waals surface area contributed by atoms with Gasteiger partial charge < -0.3 is 10.5 Å². The second-order valence-corrected chi connectivity index (χ2v) is 6.11. The smallest absolute Gasteiger partial charge is 0.124 e. The topological polar surface area (TPSA) is 35.2 Å². The van der Waals surface area contributed by atoms with E-state index in [1.54, 1.807) is 7.11 Å². The number of aryl methyl sites for hydroxylation is 2. The monoisotopic (exact) mass is 333 g/mol. The molecule has 0 aliphatic carbocycles. The lowest BCUT2D eigenvalue weighted by molar-refractivity contribution is 0.405. The number of methoxy groups -OCH3 is 1. The molecule has 2 N–H and O–H groups in total. The molecule has 2 nitrogen and oxygen atoms in total. The molecule has 0 radical (unpaired) electrons. The van der Waals surface area contributed by atoms with E-state index in [9.17, 15) is 0 Å². The van der Waals surface area contributed by atoms with E-state index in [0.717, 1.165) is 22.2 Å². The van der Waals surface area contributed by atoms with E-state index in [4.69, 9.17) is 10.5 Å². The standard InChI is InChI=1S/C17H20BrNO/c1-11-6-12(2)8-13(7-11)9-16(19)15-5-4-14(18)10-17(15)20-3/h4-8,10,16H,9,19H2,1-3H3. The second-order valence-electron chi connectivity index (χ2n) is 5.19. The second kappa shape index (κ2) is 6.42. The zero-order chi connectivity index (χ0) is 14.7. The summed E-state index contributed by atoms with van der Waals surface area (Å²) in [5.74, 6) is 0.830. The van der Waals surface area contributed by atoms with E-state index < -0.39 is 0 Å². The molecule has 0 saturated carbocycles. The van der Waals surface area contributed by atoms with Crippen LogP contribution in [0.15, 0.2) is 40.9 Å². The van der Waals surface area contributed by atoms with E-state index >= 15 is 0 Å². The molecule has 0 aromatic heterocycles. The molecule has 0 bridgehead atoms. The van der Waals surface area contributed by atoms with Gasteiger partial charge >= 0.3 is 0 Å². The molecule has 0 saturated heterocycles. The van der Waals surface area contributed by atoms with Crippen molar-refractivity contribution in [2.75, 3.05) is 7.11 Å². The lowest BCUT2D eigenvalue weighted by atomic mass is 9.96. The average molecular weight is 334 g/mol. The summed E-state index contributed by atoms with van der Waals surface area (Å²) in [6, 6.07) is 12.5. The van der Waals surface area contributed by atoms with Crippen LogP contribution in [0.1, 0.15) is 28.3 Å². The Morgan fingerprint density at radius 1 is 1.10 bits per heavy atom. The molecule has 2 rings (SSSR count). The van der Waals surface area contributed by atoms with E-state index in [1.807, 2.05) is 18.2 Å². The van der Waals surface area contributed by atoms with E-state index in [1.165, 1.54) is 16.7 Å². The van der Waals surface area contributed by atoms with Crippen LogP contribution < -0.4 is 10.5 Å². The molecule has 0 spiro atoms. The molecule has 1 unspecified atom stereocenters. The third-order valence-electron chi connectivity index (χ3n) is 3.33. The first-order valence-electron chi connectivity index (χ1n) is 6.66. The zero-order valence-corrected chi connectivity index (χ0v) is 13.7. The maximum atomic E-state index is 6.36. The number of rotatable bonds is 4. The Morgan fingerprint density at radius 3 is 2.35 bits per heavy atom. The van der Waals surface area contributed by atoms with Gasteiger partial charge in [-0.1, -0.05) is 51.3 Å². The zero-order valence-electron chi connectivity index (χ0n) is 12.1. The van der Waals surface area contributed by atoms with Crippen LogP contribution in [0.5, 0.6) is 5.75 Å². The predicted octanol–water partition coefficient (Wildman–Crippen LogP) is 4.32. The van der Waals surface area contributed by atoms with Gasteiger partial charge in [0.1, 0.15) is 5.75 Å². The van der Waals surface area contributed by atoms with Gasteiger partial charge in [0.05, 0.1) is 7.11 Å². The van der Waals surface area contributed by atoms with Crippen LogP contribution in [-0.4, -0.2) is 7.11 Å². The summed E-state index contributed by atoms with van der Waals surface area (Å²) in [6.45, 7) is 4.23. The van der Waals surface area contributed by atoms with Crippen molar-refractivity contribution in [1.82, 2.24) is 0 Å². The van der Waals surface area contributed by atoms with Crippen LogP contribution in [0.25, 0.3) is 0 Å². The summed E-state index contributed by atoms with van der Waals surface area (Å²) in [5, 5.41) is 0. The fourth-order valence-corrected chi connectivity index (χ4v) is 2.88. The van der Waals surface area contributed by atoms with E-state index in [0.29, 0.717) is 0 Å². The van der Waals surface area contributed by atoms with Gasteiger partial charge in [0, 0.05) is 16.1 Å². The molecule has 1 atom stereocenters. The lowest BCUT2D eigenvalue weighted by Gasteiger charge is -2.17. The predicted molar refractivity (Wildman–Crippen MR) is 87.2 cm³/mol. The number of benzene rings is 2. The molecule has 0 amide bonds. The van der Waals surface area contributed by atoms with Crippen molar-refractivity contribution >= 4 is 15.9 Å². The Bertz CT molecular complexity index is 590. The minimum Gasteiger partial charge on any atom is -0.496 e. The summed E-state index contributed by atoms with van der Waals surface area (Å²) in [7, 11) is 1.68. The van der Waals surface area contributed by atoms with Crippen LogP contribution in [0, 0.1) is 13.8 Å². The van der Waals surface area contributed by atoms with Crippen molar-refractivity contribution in [1.29, 1.82) is 0 Å². The molecule has 20 heavy (non-hydrogen) atoms. The van der Waals surface area contributed by atoms with Crippen molar-refractivity contribution in [2.24, 2.45) is 5.73 Å². The average Bonchev–Trinajstić information content (AvgIpc) is 2.37. The Labute approximate surface area is 129 Å². The van der Waals surface area contributed by atoms with Gasteiger partial charge in [-0.25, -0.2) is 0 Å². The van der Waals surface area contributed by atoms with Gasteiger partial charge in [-0.05, 0) is 38.0 Å². The third-order valence-corrected chi connectivity index (χ3v) is 3.83. The highest BCUT2D eigenvalue weighted by molar-refractivity contribution is 9.10. The van der Waals surface area contributed by atoms with E-state index in [-0.39, 0.29) is 6.04 Å². The van der Waals surface area contributed by atoms with Crippen molar-refractivity contribution in [3.63, 3.8) is 0 Å². The Balaban J connectivity index is 2.25. The summed E-state index contributed by atoms with van der Waals surface area (Å²) < 4.78 is 6.42. The maximum absolute atomic E-state index is 6.36. The molecule has 3 heteroatoms. The molecule has 2 aromatic rings. The van der Waals surface area contributed by atoms with Crippen LogP contribution in [0.4, 0.5) is 0 Å². The van der Waals surface area contributed by atoms with Crippen LogP contribution in [0.3, 0.4) is 0 Å². The van der Waals surface area contributed by atoms with Gasteiger partial charge in [-0.2, -0.15) is 0 Å². The first kappa shape index (κ1) is 15.1. The fourth-order valence-electron chi connectivity index (χ4n) is 2.54. The molecular weight excluding hydrogens is 314 g/mol. The van der Waals surface area contributed by atoms with E-state index in [2.05, 4.69) is 48.0 Å². The SMILES string of the molecule is COc1cc(Br)ccc1C(N)Cc1cc(C)cc(C)c1. The number of hydrogen-bond donors (Lipinski definition) is 1. The first-order chi connectivity index (χ1) is 9.49. The molecule has 0 fully saturated rings. The summed E-state index contributed by atoms with van der Waals surface area (Å²) in [5.41, 5.74) is 11.2. The highest BCUT2D eigenvalue weighted by Gasteiger charge is 2.13. The van der Waals surface area contributed by atoms with Gasteiger partial charge in [0.2, 0.25) is 0 Å². The van der Waals surface area contributed by atoms with Crippen molar-refractivity contribution in [3.05, 3.63) is 63.1 Å². The van der Waals surface area contributed by atoms with Crippen LogP contribution in [0.2, 0.25) is 0 Å². The Kier molecular flexibility index (Phi) is 4.84. The van der Waals surface area contributed by atoms with Gasteiger partial charge in [0.25, 0.3) is 0 Å². The van der Waals surface area contributed by atoms with Crippen LogP contribution in [-0.2, 0) is 6.42 Å². The third kappa shape index (κ3) is 3.62. The Hall–Kier alpha value is -1.32. The minimum atomic E-state index is -0.0701. The molecule has 2 aromatic carbocycles. The summed E-state index contributed by atoms with van der Waals surface area (Å²) in [6.07, 6.45) is 0.806. The summed E-state index contributed by atoms with van der Waals surface area (Å²) >= 11 is 3.45. The maximum Gasteiger partial charge on any atom is 0.124 e. The highest BCUT2D eigenvalue weighted by Crippen LogP contribution is 2.29. The van der Waals surface area contributed by atoms with Crippen LogP contribution >= 0.6 is 15.9 Å². The fraction of sp³-hybridized carbons (Fsp3) is 0.294. The highest BCUT2D eigenvalue weighted by atomic mass is 79.9. The normalized spacial score (nSPS) is 12.2. The van der Waals surface area contributed by atoms with Gasteiger partial charge in [-0.15, -0.1) is 0 Å². The van der Waals surface area contributed by atoms with Gasteiger partial charge in [0.15, 0.2) is 0 Å². The summed E-state index contributed by atoms with van der Waals surface area (Å²) in [4.78, 5) is 0. The minimum absolute atomic E-state index is 0.0701. The molecular formula is C17H20BrNO. The van der Waals surface area contributed by atoms with Crippen molar-refractivity contribution < 1.29 is 4.74 Å². The quantitative estimate of drug-likeness (QED) is 0.904. The molecule has 0 aliphatic rings. The molecule has 106 valence electrons. The molecule has 0 aliphatic heterocycles.